The Hall–Kier alpha value is -3.64. The number of rotatable bonds is 8. The summed E-state index contributed by atoms with van der Waals surface area (Å²) in [6, 6.07) is 29.0. The molecule has 1 aliphatic rings. The van der Waals surface area contributed by atoms with Gasteiger partial charge in [0.15, 0.2) is 5.11 Å². The SMILES string of the molecule is S=C1N[C@@H](c2ccccn2)[C@H](c2ccn(-c3ccccc3)c2)N1CCCNc1ccccc1. The van der Waals surface area contributed by atoms with Gasteiger partial charge in [0.2, 0.25) is 0 Å². The minimum absolute atomic E-state index is 0.00686. The Bertz CT molecular complexity index is 1180. The topological polar surface area (TPSA) is 45.1 Å². The van der Waals surface area contributed by atoms with Crippen LogP contribution in [0.1, 0.15) is 29.8 Å². The highest BCUT2D eigenvalue weighted by Crippen LogP contribution is 2.39. The number of hydrogen-bond donors (Lipinski definition) is 2. The van der Waals surface area contributed by atoms with Gasteiger partial charge in [0.25, 0.3) is 0 Å². The third kappa shape index (κ3) is 4.76. The van der Waals surface area contributed by atoms with Gasteiger partial charge in [-0.3, -0.25) is 4.98 Å². The number of para-hydroxylation sites is 2. The van der Waals surface area contributed by atoms with Crippen molar-refractivity contribution < 1.29 is 0 Å². The number of pyridine rings is 1. The number of nitrogens with zero attached hydrogens (tertiary/aromatic N) is 3. The van der Waals surface area contributed by atoms with E-state index in [-0.39, 0.29) is 12.1 Å². The summed E-state index contributed by atoms with van der Waals surface area (Å²) in [7, 11) is 0. The second kappa shape index (κ2) is 9.88. The molecule has 33 heavy (non-hydrogen) atoms. The molecule has 2 atom stereocenters. The number of nitrogens with one attached hydrogen (secondary N) is 2. The molecule has 0 bridgehead atoms. The maximum absolute atomic E-state index is 5.80. The van der Waals surface area contributed by atoms with Gasteiger partial charge in [0.1, 0.15) is 0 Å². The molecule has 2 aromatic heterocycles. The third-order valence-corrected chi connectivity index (χ3v) is 6.34. The fourth-order valence-electron chi connectivity index (χ4n) is 4.40. The first kappa shape index (κ1) is 21.2. The highest BCUT2D eigenvalue weighted by molar-refractivity contribution is 7.80. The average molecular weight is 454 g/mol. The molecule has 2 aromatic carbocycles. The van der Waals surface area contributed by atoms with E-state index < -0.39 is 0 Å². The highest BCUT2D eigenvalue weighted by Gasteiger charge is 2.39. The zero-order chi connectivity index (χ0) is 22.5. The second-order valence-corrected chi connectivity index (χ2v) is 8.54. The summed E-state index contributed by atoms with van der Waals surface area (Å²) in [4.78, 5) is 6.95. The van der Waals surface area contributed by atoms with Crippen molar-refractivity contribution >= 4 is 23.0 Å². The Morgan fingerprint density at radius 3 is 2.42 bits per heavy atom. The summed E-state index contributed by atoms with van der Waals surface area (Å²) < 4.78 is 2.17. The lowest BCUT2D eigenvalue weighted by molar-refractivity contribution is 0.316. The summed E-state index contributed by atoms with van der Waals surface area (Å²) in [5.74, 6) is 0. The Kier molecular flexibility index (Phi) is 6.35. The standard InChI is InChI=1S/C27H27N5S/c33-27-30-25(24-14-7-8-16-29-24)26(21-15-19-31(20-21)23-12-5-2-6-13-23)32(27)18-9-17-28-22-10-3-1-4-11-22/h1-8,10-16,19-20,25-26,28H,9,17-18H2,(H,30,33)/t25-,26-/m0/s1. The van der Waals surface area contributed by atoms with Crippen molar-refractivity contribution in [2.45, 2.75) is 18.5 Å². The van der Waals surface area contributed by atoms with E-state index in [1.807, 2.05) is 42.6 Å². The second-order valence-electron chi connectivity index (χ2n) is 8.15. The van der Waals surface area contributed by atoms with Crippen LogP contribution < -0.4 is 10.6 Å². The van der Waals surface area contributed by atoms with Gasteiger partial charge in [-0.05, 0) is 66.7 Å². The van der Waals surface area contributed by atoms with Crippen molar-refractivity contribution in [3.8, 4) is 5.69 Å². The van der Waals surface area contributed by atoms with Crippen molar-refractivity contribution in [1.82, 2.24) is 19.8 Å². The molecular formula is C27H27N5S. The maximum atomic E-state index is 5.80. The van der Waals surface area contributed by atoms with Crippen LogP contribution in [0.4, 0.5) is 5.69 Å². The average Bonchev–Trinajstić information content (AvgIpc) is 3.48. The van der Waals surface area contributed by atoms with Crippen LogP contribution in [-0.2, 0) is 0 Å². The molecule has 5 rings (SSSR count). The highest BCUT2D eigenvalue weighted by atomic mass is 32.1. The monoisotopic (exact) mass is 453 g/mol. The molecule has 2 N–H and O–H groups in total. The first-order chi connectivity index (χ1) is 16.3. The Morgan fingerprint density at radius 2 is 1.67 bits per heavy atom. The summed E-state index contributed by atoms with van der Waals surface area (Å²) in [5, 5.41) is 7.82. The van der Waals surface area contributed by atoms with E-state index in [0.29, 0.717) is 0 Å². The smallest absolute Gasteiger partial charge is 0.170 e. The van der Waals surface area contributed by atoms with Crippen molar-refractivity contribution in [3.05, 3.63) is 115 Å². The lowest BCUT2D eigenvalue weighted by atomic mass is 9.99. The number of hydrogen-bond acceptors (Lipinski definition) is 3. The van der Waals surface area contributed by atoms with E-state index in [2.05, 4.69) is 86.0 Å². The summed E-state index contributed by atoms with van der Waals surface area (Å²) in [6.07, 6.45) is 7.15. The molecule has 166 valence electrons. The van der Waals surface area contributed by atoms with E-state index in [0.717, 1.165) is 41.7 Å². The Labute approximate surface area is 200 Å². The lowest BCUT2D eigenvalue weighted by Crippen LogP contribution is -2.31. The van der Waals surface area contributed by atoms with Crippen LogP contribution >= 0.6 is 12.2 Å². The van der Waals surface area contributed by atoms with Crippen molar-refractivity contribution in [2.24, 2.45) is 0 Å². The minimum Gasteiger partial charge on any atom is -0.385 e. The molecule has 1 saturated heterocycles. The predicted octanol–water partition coefficient (Wildman–Crippen LogP) is 5.35. The van der Waals surface area contributed by atoms with Crippen LogP contribution in [0.15, 0.2) is 104 Å². The number of thiocarbonyl (C=S) groups is 1. The Balaban J connectivity index is 1.37. The van der Waals surface area contributed by atoms with Crippen LogP contribution in [0.5, 0.6) is 0 Å². The maximum Gasteiger partial charge on any atom is 0.170 e. The molecule has 0 spiro atoms. The lowest BCUT2D eigenvalue weighted by Gasteiger charge is -2.27. The predicted molar refractivity (Wildman–Crippen MR) is 137 cm³/mol. The normalized spacial score (nSPS) is 17.7. The molecule has 4 aromatic rings. The summed E-state index contributed by atoms with van der Waals surface area (Å²) >= 11 is 5.80. The van der Waals surface area contributed by atoms with E-state index in [1.54, 1.807) is 0 Å². The van der Waals surface area contributed by atoms with Gasteiger partial charge in [0, 0.05) is 43.1 Å². The zero-order valence-electron chi connectivity index (χ0n) is 18.3. The van der Waals surface area contributed by atoms with Gasteiger partial charge in [0.05, 0.1) is 17.8 Å². The minimum atomic E-state index is 0.00686. The molecule has 0 aliphatic carbocycles. The van der Waals surface area contributed by atoms with Crippen molar-refractivity contribution in [2.75, 3.05) is 18.4 Å². The van der Waals surface area contributed by atoms with Gasteiger partial charge in [-0.2, -0.15) is 0 Å². The fourth-order valence-corrected chi connectivity index (χ4v) is 4.73. The van der Waals surface area contributed by atoms with Crippen LogP contribution in [0.25, 0.3) is 5.69 Å². The van der Waals surface area contributed by atoms with Gasteiger partial charge in [-0.25, -0.2) is 0 Å². The molecule has 3 heterocycles. The van der Waals surface area contributed by atoms with Gasteiger partial charge in [-0.1, -0.05) is 42.5 Å². The molecule has 1 aliphatic heterocycles. The van der Waals surface area contributed by atoms with Gasteiger partial charge in [-0.15, -0.1) is 0 Å². The summed E-state index contributed by atoms with van der Waals surface area (Å²) in [6.45, 7) is 1.74. The zero-order valence-corrected chi connectivity index (χ0v) is 19.2. The molecule has 0 amide bonds. The summed E-state index contributed by atoms with van der Waals surface area (Å²) in [5.41, 5.74) is 4.51. The quantitative estimate of drug-likeness (QED) is 0.278. The molecule has 5 nitrogen and oxygen atoms in total. The van der Waals surface area contributed by atoms with E-state index in [9.17, 15) is 0 Å². The van der Waals surface area contributed by atoms with Gasteiger partial charge >= 0.3 is 0 Å². The molecule has 6 heteroatoms. The van der Waals surface area contributed by atoms with Crippen LogP contribution in [0, 0.1) is 0 Å². The molecular weight excluding hydrogens is 426 g/mol. The van der Waals surface area contributed by atoms with Crippen LogP contribution in [0.3, 0.4) is 0 Å². The van der Waals surface area contributed by atoms with Crippen molar-refractivity contribution in [1.29, 1.82) is 0 Å². The van der Waals surface area contributed by atoms with Crippen molar-refractivity contribution in [3.63, 3.8) is 0 Å². The first-order valence-corrected chi connectivity index (χ1v) is 11.7. The number of aromatic nitrogens is 2. The largest absolute Gasteiger partial charge is 0.385 e. The molecule has 1 fully saturated rings. The number of benzene rings is 2. The van der Waals surface area contributed by atoms with E-state index >= 15 is 0 Å². The van der Waals surface area contributed by atoms with Gasteiger partial charge < -0.3 is 20.1 Å². The first-order valence-electron chi connectivity index (χ1n) is 11.3. The van der Waals surface area contributed by atoms with Crippen LogP contribution in [-0.4, -0.2) is 32.7 Å². The van der Waals surface area contributed by atoms with E-state index in [1.165, 1.54) is 5.56 Å². The fraction of sp³-hybridized carbons (Fsp3) is 0.185. The molecule has 0 unspecified atom stereocenters. The number of anilines is 1. The molecule has 0 radical (unpaired) electrons. The molecule has 0 saturated carbocycles. The Morgan fingerprint density at radius 1 is 0.909 bits per heavy atom. The van der Waals surface area contributed by atoms with Crippen LogP contribution in [0.2, 0.25) is 0 Å². The van der Waals surface area contributed by atoms with E-state index in [4.69, 9.17) is 12.2 Å². The third-order valence-electron chi connectivity index (χ3n) is 5.99.